The maximum atomic E-state index is 13.9. The number of likely N-dealkylation sites (tertiary alicyclic amines) is 1. The van der Waals surface area contributed by atoms with Gasteiger partial charge in [0.05, 0.1) is 5.69 Å². The molecule has 8 heteroatoms. The first-order valence-corrected chi connectivity index (χ1v) is 11.6. The van der Waals surface area contributed by atoms with Crippen LogP contribution in [-0.2, 0) is 6.18 Å². The monoisotopic (exact) mass is 456 g/mol. The van der Waals surface area contributed by atoms with Gasteiger partial charge in [0.25, 0.3) is 5.91 Å². The van der Waals surface area contributed by atoms with Gasteiger partial charge in [0, 0.05) is 23.7 Å². The van der Waals surface area contributed by atoms with Gasteiger partial charge < -0.3 is 4.90 Å². The van der Waals surface area contributed by atoms with Crippen LogP contribution in [0, 0.1) is 11.8 Å². The fourth-order valence-electron chi connectivity index (χ4n) is 5.60. The van der Waals surface area contributed by atoms with Crippen LogP contribution in [0.25, 0.3) is 16.9 Å². The molecule has 0 bridgehead atoms. The molecule has 0 N–H and O–H groups in total. The van der Waals surface area contributed by atoms with E-state index in [1.54, 1.807) is 30.3 Å². The molecule has 1 saturated carbocycles. The predicted molar refractivity (Wildman–Crippen MR) is 119 cm³/mol. The summed E-state index contributed by atoms with van der Waals surface area (Å²) in [5, 5.41) is 4.12. The van der Waals surface area contributed by atoms with E-state index in [0.717, 1.165) is 42.7 Å². The highest BCUT2D eigenvalue weighted by atomic mass is 19.4. The van der Waals surface area contributed by atoms with Crippen LogP contribution in [0.5, 0.6) is 0 Å². The summed E-state index contributed by atoms with van der Waals surface area (Å²) in [4.78, 5) is 19.9. The molecule has 0 unspecified atom stereocenters. The Morgan fingerprint density at radius 2 is 1.79 bits per heavy atom. The van der Waals surface area contributed by atoms with E-state index in [0.29, 0.717) is 17.4 Å². The van der Waals surface area contributed by atoms with Gasteiger partial charge in [0.2, 0.25) is 0 Å². The SMILES string of the molecule is C[C@@H]1CC[C@@H]2[C@@H](CC[C@H](C)N2C(=O)c2cc3nc(-c4ccccc4)cc(C(F)(F)F)n3n2)C1. The molecule has 1 aromatic carbocycles. The summed E-state index contributed by atoms with van der Waals surface area (Å²) in [6, 6.07) is 11.3. The number of carbonyl (C=O) groups is 1. The topological polar surface area (TPSA) is 50.5 Å². The molecule has 1 aliphatic heterocycles. The Bertz CT molecular complexity index is 1170. The largest absolute Gasteiger partial charge is 0.433 e. The molecule has 1 saturated heterocycles. The van der Waals surface area contributed by atoms with Crippen LogP contribution in [0.2, 0.25) is 0 Å². The number of alkyl halides is 3. The van der Waals surface area contributed by atoms with Gasteiger partial charge in [-0.25, -0.2) is 9.50 Å². The van der Waals surface area contributed by atoms with Gasteiger partial charge in [-0.1, -0.05) is 37.3 Å². The lowest BCUT2D eigenvalue weighted by Gasteiger charge is -2.48. The summed E-state index contributed by atoms with van der Waals surface area (Å²) in [6.07, 6.45) is 0.428. The summed E-state index contributed by atoms with van der Waals surface area (Å²) in [5.74, 6) is 0.785. The van der Waals surface area contributed by atoms with Crippen molar-refractivity contribution in [3.8, 4) is 11.3 Å². The molecule has 5 rings (SSSR count). The van der Waals surface area contributed by atoms with Gasteiger partial charge in [-0.2, -0.15) is 18.3 Å². The highest BCUT2D eigenvalue weighted by molar-refractivity contribution is 5.94. The average Bonchev–Trinajstić information content (AvgIpc) is 3.22. The number of rotatable bonds is 2. The third-order valence-corrected chi connectivity index (χ3v) is 7.23. The number of hydrogen-bond acceptors (Lipinski definition) is 3. The molecule has 4 atom stereocenters. The predicted octanol–water partition coefficient (Wildman–Crippen LogP) is 5.84. The van der Waals surface area contributed by atoms with Gasteiger partial charge >= 0.3 is 6.18 Å². The van der Waals surface area contributed by atoms with Crippen LogP contribution < -0.4 is 0 Å². The number of piperidine rings is 1. The van der Waals surface area contributed by atoms with Gasteiger partial charge in [0.15, 0.2) is 17.0 Å². The molecule has 33 heavy (non-hydrogen) atoms. The Balaban J connectivity index is 1.57. The van der Waals surface area contributed by atoms with Gasteiger partial charge in [-0.3, -0.25) is 4.79 Å². The second-order valence-corrected chi connectivity index (χ2v) is 9.57. The number of fused-ring (bicyclic) bond motifs is 2. The third kappa shape index (κ3) is 4.00. The lowest BCUT2D eigenvalue weighted by molar-refractivity contribution is -0.142. The molecule has 2 aliphatic rings. The van der Waals surface area contributed by atoms with E-state index in [1.165, 1.54) is 6.07 Å². The first kappa shape index (κ1) is 21.9. The molecule has 1 aliphatic carbocycles. The second-order valence-electron chi connectivity index (χ2n) is 9.57. The normalized spacial score (nSPS) is 25.8. The van der Waals surface area contributed by atoms with Gasteiger partial charge in [-0.15, -0.1) is 0 Å². The van der Waals surface area contributed by atoms with Crippen LogP contribution in [0.3, 0.4) is 0 Å². The standard InChI is InChI=1S/C25H27F3N4O/c1-15-8-11-21-18(12-15)10-9-16(2)31(21)24(33)20-14-23-29-19(17-6-4-3-5-7-17)13-22(25(26,27)28)32(23)30-20/h3-7,13-16,18,21H,8-12H2,1-2H3/t15-,16+,18+,21-/m1/s1. The number of amides is 1. The van der Waals surface area contributed by atoms with Crippen LogP contribution in [0.4, 0.5) is 13.2 Å². The molecule has 174 valence electrons. The quantitative estimate of drug-likeness (QED) is 0.487. The van der Waals surface area contributed by atoms with Crippen LogP contribution in [-0.4, -0.2) is 37.5 Å². The zero-order chi connectivity index (χ0) is 23.3. The molecule has 5 nitrogen and oxygen atoms in total. The van der Waals surface area contributed by atoms with Crippen molar-refractivity contribution in [2.75, 3.05) is 0 Å². The zero-order valence-electron chi connectivity index (χ0n) is 18.7. The molecule has 2 fully saturated rings. The number of benzene rings is 1. The fraction of sp³-hybridized carbons (Fsp3) is 0.480. The van der Waals surface area contributed by atoms with Crippen LogP contribution in [0.1, 0.15) is 62.1 Å². The number of nitrogens with zero attached hydrogens (tertiary/aromatic N) is 4. The Labute approximate surface area is 190 Å². The molecule has 3 aromatic rings. The minimum Gasteiger partial charge on any atom is -0.331 e. The maximum Gasteiger partial charge on any atom is 0.433 e. The molecular weight excluding hydrogens is 429 g/mol. The van der Waals surface area contributed by atoms with Crippen molar-refractivity contribution >= 4 is 11.6 Å². The van der Waals surface area contributed by atoms with Gasteiger partial charge in [-0.05, 0) is 56.9 Å². The number of halogens is 3. The first-order valence-electron chi connectivity index (χ1n) is 11.6. The number of aromatic nitrogens is 3. The number of carbonyl (C=O) groups excluding carboxylic acids is 1. The van der Waals surface area contributed by atoms with E-state index in [4.69, 9.17) is 0 Å². The molecule has 2 aromatic heterocycles. The summed E-state index contributed by atoms with van der Waals surface area (Å²) in [7, 11) is 0. The third-order valence-electron chi connectivity index (χ3n) is 7.23. The molecular formula is C25H27F3N4O. The smallest absolute Gasteiger partial charge is 0.331 e. The Hall–Kier alpha value is -2.90. The zero-order valence-corrected chi connectivity index (χ0v) is 18.7. The van der Waals surface area contributed by atoms with Crippen molar-refractivity contribution in [1.82, 2.24) is 19.5 Å². The van der Waals surface area contributed by atoms with E-state index in [-0.39, 0.29) is 35.0 Å². The van der Waals surface area contributed by atoms with E-state index in [2.05, 4.69) is 17.0 Å². The molecule has 3 heterocycles. The minimum atomic E-state index is -4.64. The van der Waals surface area contributed by atoms with Crippen molar-refractivity contribution < 1.29 is 18.0 Å². The summed E-state index contributed by atoms with van der Waals surface area (Å²) in [6.45, 7) is 4.27. The lowest BCUT2D eigenvalue weighted by atomic mass is 9.72. The van der Waals surface area contributed by atoms with Crippen molar-refractivity contribution in [3.05, 3.63) is 53.9 Å². The summed E-state index contributed by atoms with van der Waals surface area (Å²) >= 11 is 0. The Kier molecular flexibility index (Phi) is 5.41. The minimum absolute atomic E-state index is 0.0179. The van der Waals surface area contributed by atoms with Gasteiger partial charge in [0.1, 0.15) is 0 Å². The van der Waals surface area contributed by atoms with Crippen molar-refractivity contribution in [3.63, 3.8) is 0 Å². The van der Waals surface area contributed by atoms with Crippen molar-refractivity contribution in [2.45, 2.75) is 64.2 Å². The maximum absolute atomic E-state index is 13.9. The average molecular weight is 457 g/mol. The molecule has 1 amide bonds. The van der Waals surface area contributed by atoms with Crippen LogP contribution >= 0.6 is 0 Å². The highest BCUT2D eigenvalue weighted by Crippen LogP contribution is 2.41. The summed E-state index contributed by atoms with van der Waals surface area (Å²) in [5.41, 5.74) is -0.137. The fourth-order valence-corrected chi connectivity index (χ4v) is 5.60. The molecule has 0 radical (unpaired) electrons. The van der Waals surface area contributed by atoms with Crippen molar-refractivity contribution in [2.24, 2.45) is 11.8 Å². The number of hydrogen-bond donors (Lipinski definition) is 0. The van der Waals surface area contributed by atoms with Crippen LogP contribution in [0.15, 0.2) is 42.5 Å². The van der Waals surface area contributed by atoms with E-state index in [9.17, 15) is 18.0 Å². The second kappa shape index (κ2) is 8.15. The van der Waals surface area contributed by atoms with E-state index < -0.39 is 11.9 Å². The Morgan fingerprint density at radius 1 is 1.03 bits per heavy atom. The first-order chi connectivity index (χ1) is 15.7. The lowest BCUT2D eigenvalue weighted by Crippen LogP contribution is -2.54. The Morgan fingerprint density at radius 3 is 2.52 bits per heavy atom. The van der Waals surface area contributed by atoms with Crippen molar-refractivity contribution in [1.29, 1.82) is 0 Å². The van der Waals surface area contributed by atoms with E-state index in [1.807, 2.05) is 11.8 Å². The summed E-state index contributed by atoms with van der Waals surface area (Å²) < 4.78 is 42.5. The highest BCUT2D eigenvalue weighted by Gasteiger charge is 2.42. The van der Waals surface area contributed by atoms with E-state index >= 15 is 0 Å². The molecule has 0 spiro atoms.